The van der Waals surface area contributed by atoms with Crippen LogP contribution < -0.4 is 24.7 Å². The maximum atomic E-state index is 5.91. The second-order valence-electron chi connectivity index (χ2n) is 5.07. The SMILES string of the molecule is C/C=C(\c1ccc(N)c(OC)c1)c1cc(OC)c(OC)c(OC)c1. The molecule has 2 aromatic rings. The minimum atomic E-state index is 0.564. The van der Waals surface area contributed by atoms with Gasteiger partial charge in [0.05, 0.1) is 34.1 Å². The Balaban J connectivity index is 2.60. The first-order valence-corrected chi connectivity index (χ1v) is 7.50. The molecule has 0 unspecified atom stereocenters. The summed E-state index contributed by atoms with van der Waals surface area (Å²) in [6.07, 6.45) is 2.02. The summed E-state index contributed by atoms with van der Waals surface area (Å²) < 4.78 is 21.6. The van der Waals surface area contributed by atoms with Gasteiger partial charge in [0.25, 0.3) is 0 Å². The van der Waals surface area contributed by atoms with Crippen molar-refractivity contribution >= 4 is 11.3 Å². The van der Waals surface area contributed by atoms with Gasteiger partial charge in [-0.25, -0.2) is 0 Å². The van der Waals surface area contributed by atoms with Gasteiger partial charge >= 0.3 is 0 Å². The number of anilines is 1. The van der Waals surface area contributed by atoms with E-state index >= 15 is 0 Å². The quantitative estimate of drug-likeness (QED) is 0.818. The molecule has 0 saturated carbocycles. The highest BCUT2D eigenvalue weighted by Gasteiger charge is 2.16. The fourth-order valence-electron chi connectivity index (χ4n) is 2.62. The molecule has 2 rings (SSSR count). The molecule has 0 aliphatic heterocycles. The summed E-state index contributed by atoms with van der Waals surface area (Å²) in [6, 6.07) is 9.53. The highest BCUT2D eigenvalue weighted by atomic mass is 16.5. The van der Waals surface area contributed by atoms with Gasteiger partial charge in [0, 0.05) is 0 Å². The highest BCUT2D eigenvalue weighted by Crippen LogP contribution is 2.41. The molecule has 0 aliphatic carbocycles. The lowest BCUT2D eigenvalue weighted by Gasteiger charge is -2.16. The van der Waals surface area contributed by atoms with Crippen LogP contribution >= 0.6 is 0 Å². The average Bonchev–Trinajstić information content (AvgIpc) is 2.62. The normalized spacial score (nSPS) is 11.1. The van der Waals surface area contributed by atoms with Crippen LogP contribution in [0.2, 0.25) is 0 Å². The molecule has 0 bridgehead atoms. The van der Waals surface area contributed by atoms with E-state index in [1.807, 2.05) is 43.3 Å². The third kappa shape index (κ3) is 3.25. The summed E-state index contributed by atoms with van der Waals surface area (Å²) in [5, 5.41) is 0. The molecule has 0 spiro atoms. The van der Waals surface area contributed by atoms with Crippen LogP contribution in [0.3, 0.4) is 0 Å². The Morgan fingerprint density at radius 3 is 1.79 bits per heavy atom. The molecule has 0 fully saturated rings. The van der Waals surface area contributed by atoms with Crippen molar-refractivity contribution in [1.82, 2.24) is 0 Å². The zero-order valence-corrected chi connectivity index (χ0v) is 14.7. The van der Waals surface area contributed by atoms with Crippen LogP contribution in [0.25, 0.3) is 5.57 Å². The predicted molar refractivity (Wildman–Crippen MR) is 96.3 cm³/mol. The molecule has 0 aliphatic rings. The number of allylic oxidation sites excluding steroid dienone is 1. The zero-order valence-electron chi connectivity index (χ0n) is 14.7. The van der Waals surface area contributed by atoms with E-state index in [-0.39, 0.29) is 0 Å². The molecule has 2 aromatic carbocycles. The third-order valence-electron chi connectivity index (χ3n) is 3.81. The van der Waals surface area contributed by atoms with E-state index in [4.69, 9.17) is 24.7 Å². The highest BCUT2D eigenvalue weighted by molar-refractivity contribution is 5.83. The molecule has 24 heavy (non-hydrogen) atoms. The average molecular weight is 329 g/mol. The Morgan fingerprint density at radius 1 is 0.792 bits per heavy atom. The smallest absolute Gasteiger partial charge is 0.203 e. The van der Waals surface area contributed by atoms with Crippen LogP contribution in [-0.2, 0) is 0 Å². The Labute approximate surface area is 142 Å². The summed E-state index contributed by atoms with van der Waals surface area (Å²) >= 11 is 0. The van der Waals surface area contributed by atoms with Gasteiger partial charge in [0.15, 0.2) is 11.5 Å². The molecule has 128 valence electrons. The summed E-state index contributed by atoms with van der Waals surface area (Å²) in [5.41, 5.74) is 9.44. The van der Waals surface area contributed by atoms with Crippen molar-refractivity contribution in [3.63, 3.8) is 0 Å². The minimum Gasteiger partial charge on any atom is -0.495 e. The summed E-state index contributed by atoms with van der Waals surface area (Å²) in [5.74, 6) is 2.41. The Hall–Kier alpha value is -2.82. The van der Waals surface area contributed by atoms with Crippen LogP contribution in [0.5, 0.6) is 23.0 Å². The Morgan fingerprint density at radius 2 is 1.33 bits per heavy atom. The first-order chi connectivity index (χ1) is 11.6. The topological polar surface area (TPSA) is 62.9 Å². The molecular formula is C19H23NO4. The molecule has 2 N–H and O–H groups in total. The summed E-state index contributed by atoms with van der Waals surface area (Å²) in [7, 11) is 6.39. The van der Waals surface area contributed by atoms with E-state index < -0.39 is 0 Å². The maximum Gasteiger partial charge on any atom is 0.203 e. The van der Waals surface area contributed by atoms with Gasteiger partial charge in [0.2, 0.25) is 5.75 Å². The van der Waals surface area contributed by atoms with Crippen molar-refractivity contribution in [3.05, 3.63) is 47.5 Å². The molecule has 0 atom stereocenters. The zero-order chi connectivity index (χ0) is 17.7. The molecule has 0 aromatic heterocycles. The molecule has 0 radical (unpaired) electrons. The van der Waals surface area contributed by atoms with Crippen molar-refractivity contribution in [2.75, 3.05) is 34.2 Å². The van der Waals surface area contributed by atoms with Gasteiger partial charge in [-0.2, -0.15) is 0 Å². The van der Waals surface area contributed by atoms with Crippen LogP contribution in [-0.4, -0.2) is 28.4 Å². The van der Waals surface area contributed by atoms with Crippen LogP contribution in [0.15, 0.2) is 36.4 Å². The van der Waals surface area contributed by atoms with Crippen molar-refractivity contribution in [2.45, 2.75) is 6.92 Å². The molecule has 0 heterocycles. The second kappa shape index (κ2) is 7.64. The standard InChI is InChI=1S/C19H23NO4/c1-6-14(12-7-8-15(20)16(9-12)21-2)13-10-17(22-3)19(24-5)18(11-13)23-4/h6-11H,20H2,1-5H3/b14-6+. The van der Waals surface area contributed by atoms with Gasteiger partial charge in [-0.1, -0.05) is 12.1 Å². The number of nitrogens with two attached hydrogens (primary N) is 1. The van der Waals surface area contributed by atoms with Crippen LogP contribution in [0.1, 0.15) is 18.1 Å². The van der Waals surface area contributed by atoms with Gasteiger partial charge in [-0.15, -0.1) is 0 Å². The molecule has 5 nitrogen and oxygen atoms in total. The molecule has 5 heteroatoms. The van der Waals surface area contributed by atoms with Crippen molar-refractivity contribution in [1.29, 1.82) is 0 Å². The number of hydrogen-bond donors (Lipinski definition) is 1. The largest absolute Gasteiger partial charge is 0.495 e. The van der Waals surface area contributed by atoms with Gasteiger partial charge in [-0.3, -0.25) is 0 Å². The number of hydrogen-bond acceptors (Lipinski definition) is 5. The van der Waals surface area contributed by atoms with Crippen molar-refractivity contribution in [2.24, 2.45) is 0 Å². The number of methoxy groups -OCH3 is 4. The van der Waals surface area contributed by atoms with E-state index in [0.29, 0.717) is 28.7 Å². The first kappa shape index (κ1) is 17.5. The van der Waals surface area contributed by atoms with Gasteiger partial charge < -0.3 is 24.7 Å². The second-order valence-corrected chi connectivity index (χ2v) is 5.07. The van der Waals surface area contributed by atoms with Gasteiger partial charge in [-0.05, 0) is 47.9 Å². The number of rotatable bonds is 6. The maximum absolute atomic E-state index is 5.91. The lowest BCUT2D eigenvalue weighted by Crippen LogP contribution is -1.98. The molecule has 0 saturated heterocycles. The Bertz CT molecular complexity index is 728. The third-order valence-corrected chi connectivity index (χ3v) is 3.81. The fourth-order valence-corrected chi connectivity index (χ4v) is 2.62. The first-order valence-electron chi connectivity index (χ1n) is 7.50. The predicted octanol–water partition coefficient (Wildman–Crippen LogP) is 3.75. The molecule has 0 amide bonds. The van der Waals surface area contributed by atoms with E-state index in [2.05, 4.69) is 0 Å². The Kier molecular flexibility index (Phi) is 5.58. The minimum absolute atomic E-state index is 0.564. The van der Waals surface area contributed by atoms with E-state index in [1.54, 1.807) is 28.4 Å². The lowest BCUT2D eigenvalue weighted by atomic mass is 9.96. The summed E-state index contributed by atoms with van der Waals surface area (Å²) in [4.78, 5) is 0. The number of nitrogen functional groups attached to an aromatic ring is 1. The van der Waals surface area contributed by atoms with E-state index in [9.17, 15) is 0 Å². The summed E-state index contributed by atoms with van der Waals surface area (Å²) in [6.45, 7) is 1.97. The number of benzene rings is 2. The van der Waals surface area contributed by atoms with Crippen LogP contribution in [0, 0.1) is 0 Å². The fraction of sp³-hybridized carbons (Fsp3) is 0.263. The van der Waals surface area contributed by atoms with E-state index in [0.717, 1.165) is 16.7 Å². The van der Waals surface area contributed by atoms with Crippen LogP contribution in [0.4, 0.5) is 5.69 Å². The monoisotopic (exact) mass is 329 g/mol. The van der Waals surface area contributed by atoms with Crippen molar-refractivity contribution < 1.29 is 18.9 Å². The lowest BCUT2D eigenvalue weighted by molar-refractivity contribution is 0.324. The van der Waals surface area contributed by atoms with Crippen molar-refractivity contribution in [3.8, 4) is 23.0 Å². The van der Waals surface area contributed by atoms with E-state index in [1.165, 1.54) is 0 Å². The van der Waals surface area contributed by atoms with Gasteiger partial charge in [0.1, 0.15) is 5.75 Å². The molecular weight excluding hydrogens is 306 g/mol. The number of ether oxygens (including phenoxy) is 4.